The zero-order valence-electron chi connectivity index (χ0n) is 11.9. The molecule has 4 nitrogen and oxygen atoms in total. The van der Waals surface area contributed by atoms with Crippen LogP contribution in [0, 0.1) is 5.82 Å². The van der Waals surface area contributed by atoms with Crippen molar-refractivity contribution in [3.05, 3.63) is 52.6 Å². The van der Waals surface area contributed by atoms with Crippen molar-refractivity contribution in [2.75, 3.05) is 6.54 Å². The van der Waals surface area contributed by atoms with Crippen LogP contribution in [0.5, 0.6) is 0 Å². The first-order valence-electron chi connectivity index (χ1n) is 6.81. The lowest BCUT2D eigenvalue weighted by atomic mass is 10.1. The highest BCUT2D eigenvalue weighted by Crippen LogP contribution is 2.19. The summed E-state index contributed by atoms with van der Waals surface area (Å²) in [5.74, 6) is -0.225. The molecule has 0 spiro atoms. The molecule has 1 N–H and O–H groups in total. The first kappa shape index (κ1) is 15.9. The molecule has 0 unspecified atom stereocenters. The highest BCUT2D eigenvalue weighted by atomic mass is 35.5. The van der Waals surface area contributed by atoms with E-state index >= 15 is 0 Å². The number of halogens is 2. The van der Waals surface area contributed by atoms with Crippen LogP contribution in [0.1, 0.15) is 22.5 Å². The molecule has 21 heavy (non-hydrogen) atoms. The molecule has 2 heterocycles. The molecule has 3 rings (SSSR count). The van der Waals surface area contributed by atoms with Crippen molar-refractivity contribution in [3.63, 3.8) is 0 Å². The van der Waals surface area contributed by atoms with E-state index in [0.717, 1.165) is 25.2 Å². The molecular formula is C15H19ClFN3O. The Morgan fingerprint density at radius 3 is 2.95 bits per heavy atom. The van der Waals surface area contributed by atoms with Crippen molar-refractivity contribution < 1.29 is 9.13 Å². The van der Waals surface area contributed by atoms with Crippen molar-refractivity contribution in [3.8, 4) is 0 Å². The maximum atomic E-state index is 13.5. The summed E-state index contributed by atoms with van der Waals surface area (Å²) >= 11 is 0. The van der Waals surface area contributed by atoms with Crippen molar-refractivity contribution >= 4 is 12.4 Å². The van der Waals surface area contributed by atoms with Crippen LogP contribution in [-0.4, -0.2) is 16.3 Å². The monoisotopic (exact) mass is 311 g/mol. The molecule has 1 aromatic carbocycles. The van der Waals surface area contributed by atoms with Gasteiger partial charge in [0.15, 0.2) is 0 Å². The van der Waals surface area contributed by atoms with Crippen LogP contribution in [0.15, 0.2) is 24.3 Å². The highest BCUT2D eigenvalue weighted by molar-refractivity contribution is 5.85. The second-order valence-electron chi connectivity index (χ2n) is 5.01. The Kier molecular flexibility index (Phi) is 5.33. The summed E-state index contributed by atoms with van der Waals surface area (Å²) in [6.45, 7) is 2.51. The standard InChI is InChI=1S/C15H18FN3O.ClH/c1-19-15-6-7-17-8-12(15)14(18-19)10-20-9-11-4-2-3-5-13(11)16;/h2-5,17H,6-10H2,1H3;1H. The lowest BCUT2D eigenvalue weighted by Gasteiger charge is -2.14. The average molecular weight is 312 g/mol. The van der Waals surface area contributed by atoms with E-state index in [1.54, 1.807) is 12.1 Å². The molecule has 2 aromatic rings. The first-order chi connectivity index (χ1) is 9.75. The molecule has 0 saturated heterocycles. The van der Waals surface area contributed by atoms with E-state index in [1.165, 1.54) is 17.3 Å². The molecule has 6 heteroatoms. The van der Waals surface area contributed by atoms with Gasteiger partial charge in [0.05, 0.1) is 18.9 Å². The van der Waals surface area contributed by atoms with E-state index in [9.17, 15) is 4.39 Å². The van der Waals surface area contributed by atoms with E-state index in [1.807, 2.05) is 17.8 Å². The molecule has 0 bridgehead atoms. The SMILES string of the molecule is Cl.Cn1nc(COCc2ccccc2F)c2c1CCNC2. The molecule has 0 fully saturated rings. The van der Waals surface area contributed by atoms with Crippen molar-refractivity contribution in [1.29, 1.82) is 0 Å². The van der Waals surface area contributed by atoms with E-state index in [-0.39, 0.29) is 24.8 Å². The third-order valence-electron chi connectivity index (χ3n) is 3.65. The van der Waals surface area contributed by atoms with Gasteiger partial charge in [0.1, 0.15) is 5.82 Å². The molecule has 0 radical (unpaired) electrons. The molecule has 0 aliphatic carbocycles. The number of hydrogen-bond donors (Lipinski definition) is 1. The van der Waals surface area contributed by atoms with Crippen molar-refractivity contribution in [1.82, 2.24) is 15.1 Å². The maximum Gasteiger partial charge on any atom is 0.128 e. The van der Waals surface area contributed by atoms with Crippen LogP contribution in [0.4, 0.5) is 4.39 Å². The lowest BCUT2D eigenvalue weighted by Crippen LogP contribution is -2.24. The van der Waals surface area contributed by atoms with Crippen LogP contribution in [0.25, 0.3) is 0 Å². The predicted molar refractivity (Wildman–Crippen MR) is 80.8 cm³/mol. The largest absolute Gasteiger partial charge is 0.370 e. The average Bonchev–Trinajstić information content (AvgIpc) is 2.78. The van der Waals surface area contributed by atoms with Gasteiger partial charge in [0.2, 0.25) is 0 Å². The molecule has 0 amide bonds. The van der Waals surface area contributed by atoms with Gasteiger partial charge >= 0.3 is 0 Å². The van der Waals surface area contributed by atoms with Gasteiger partial charge in [-0.15, -0.1) is 12.4 Å². The van der Waals surface area contributed by atoms with Gasteiger partial charge in [-0.1, -0.05) is 18.2 Å². The van der Waals surface area contributed by atoms with E-state index in [2.05, 4.69) is 10.4 Å². The van der Waals surface area contributed by atoms with Crippen molar-refractivity contribution in [2.24, 2.45) is 7.05 Å². The van der Waals surface area contributed by atoms with Crippen LogP contribution in [-0.2, 0) is 38.0 Å². The number of rotatable bonds is 4. The van der Waals surface area contributed by atoms with Crippen LogP contribution >= 0.6 is 12.4 Å². The van der Waals surface area contributed by atoms with Crippen LogP contribution in [0.2, 0.25) is 0 Å². The molecular weight excluding hydrogens is 293 g/mol. The van der Waals surface area contributed by atoms with E-state index in [4.69, 9.17) is 4.74 Å². The second-order valence-corrected chi connectivity index (χ2v) is 5.01. The molecule has 0 atom stereocenters. The Morgan fingerprint density at radius 1 is 1.33 bits per heavy atom. The smallest absolute Gasteiger partial charge is 0.128 e. The number of ether oxygens (including phenoxy) is 1. The summed E-state index contributed by atoms with van der Waals surface area (Å²) in [6.07, 6.45) is 0.992. The number of nitrogens with one attached hydrogen (secondary N) is 1. The summed E-state index contributed by atoms with van der Waals surface area (Å²) in [6, 6.07) is 6.68. The Morgan fingerprint density at radius 2 is 2.14 bits per heavy atom. The number of aryl methyl sites for hydroxylation is 1. The van der Waals surface area contributed by atoms with Crippen LogP contribution < -0.4 is 5.32 Å². The second kappa shape index (κ2) is 7.02. The fraction of sp³-hybridized carbons (Fsp3) is 0.400. The van der Waals surface area contributed by atoms with Crippen molar-refractivity contribution in [2.45, 2.75) is 26.2 Å². The van der Waals surface area contributed by atoms with Gasteiger partial charge in [0.25, 0.3) is 0 Å². The highest BCUT2D eigenvalue weighted by Gasteiger charge is 2.18. The van der Waals surface area contributed by atoms with Gasteiger partial charge in [-0.3, -0.25) is 4.68 Å². The van der Waals surface area contributed by atoms with Gasteiger partial charge in [-0.2, -0.15) is 5.10 Å². The Hall–Kier alpha value is -1.43. The number of benzene rings is 1. The molecule has 0 saturated carbocycles. The Labute approximate surface area is 129 Å². The summed E-state index contributed by atoms with van der Waals surface area (Å²) in [5.41, 5.74) is 4.03. The fourth-order valence-corrected chi connectivity index (χ4v) is 2.59. The third kappa shape index (κ3) is 3.43. The van der Waals surface area contributed by atoms with E-state index < -0.39 is 0 Å². The lowest BCUT2D eigenvalue weighted by molar-refractivity contribution is 0.101. The predicted octanol–water partition coefficient (Wildman–Crippen LogP) is 2.34. The summed E-state index contributed by atoms with van der Waals surface area (Å²) in [7, 11) is 1.96. The fourth-order valence-electron chi connectivity index (χ4n) is 2.59. The first-order valence-corrected chi connectivity index (χ1v) is 6.81. The molecule has 114 valence electrons. The molecule has 1 aliphatic rings. The molecule has 1 aromatic heterocycles. The molecule has 1 aliphatic heterocycles. The zero-order chi connectivity index (χ0) is 13.9. The Bertz CT molecular complexity index is 615. The number of fused-ring (bicyclic) bond motifs is 1. The normalized spacial score (nSPS) is 13.6. The summed E-state index contributed by atoms with van der Waals surface area (Å²) in [4.78, 5) is 0. The maximum absolute atomic E-state index is 13.5. The van der Waals surface area contributed by atoms with Gasteiger partial charge in [-0.25, -0.2) is 4.39 Å². The van der Waals surface area contributed by atoms with E-state index in [0.29, 0.717) is 12.2 Å². The minimum Gasteiger partial charge on any atom is -0.370 e. The van der Waals surface area contributed by atoms with Gasteiger partial charge < -0.3 is 10.1 Å². The topological polar surface area (TPSA) is 39.1 Å². The van der Waals surface area contributed by atoms with Gasteiger partial charge in [-0.05, 0) is 6.07 Å². The Balaban J connectivity index is 0.00000161. The third-order valence-corrected chi connectivity index (χ3v) is 3.65. The summed E-state index contributed by atoms with van der Waals surface area (Å²) in [5, 5.41) is 7.85. The number of nitrogens with zero attached hydrogens (tertiary/aromatic N) is 2. The minimum atomic E-state index is -0.225. The number of hydrogen-bond acceptors (Lipinski definition) is 3. The zero-order valence-corrected chi connectivity index (χ0v) is 12.8. The van der Waals surface area contributed by atoms with Gasteiger partial charge in [0, 0.05) is 43.4 Å². The van der Waals surface area contributed by atoms with Crippen LogP contribution in [0.3, 0.4) is 0 Å². The summed E-state index contributed by atoms with van der Waals surface area (Å²) < 4.78 is 21.0. The number of aromatic nitrogens is 2. The minimum absolute atomic E-state index is 0. The quantitative estimate of drug-likeness (QED) is 0.942.